The molecule has 18 heavy (non-hydrogen) atoms. The van der Waals surface area contributed by atoms with Gasteiger partial charge in [0.1, 0.15) is 12.6 Å². The van der Waals surface area contributed by atoms with Crippen LogP contribution in [0.2, 0.25) is 0 Å². The molecule has 1 atom stereocenters. The first kappa shape index (κ1) is 17.8. The predicted octanol–water partition coefficient (Wildman–Crippen LogP) is 0.765. The molecule has 2 N–H and O–H groups in total. The van der Waals surface area contributed by atoms with Crippen LogP contribution in [-0.2, 0) is 0 Å². The lowest BCUT2D eigenvalue weighted by molar-refractivity contribution is -0.892. The summed E-state index contributed by atoms with van der Waals surface area (Å²) < 4.78 is 0.889. The molecule has 0 rings (SSSR count). The Labute approximate surface area is 114 Å². The number of rotatable bonds is 11. The van der Waals surface area contributed by atoms with Gasteiger partial charge in [-0.2, -0.15) is 0 Å². The lowest BCUT2D eigenvalue weighted by Gasteiger charge is -2.32. The zero-order valence-electron chi connectivity index (χ0n) is 13.1. The first-order chi connectivity index (χ1) is 8.37. The van der Waals surface area contributed by atoms with Crippen molar-refractivity contribution in [1.29, 1.82) is 0 Å². The van der Waals surface area contributed by atoms with Crippen LogP contribution in [0.15, 0.2) is 0 Å². The second-order valence-electron chi connectivity index (χ2n) is 6.19. The number of aliphatic hydroxyl groups excluding tert-OH is 1. The SMILES string of the molecule is CCCCC(O)C[N+](C)(C)CCNCCN(C)C. The van der Waals surface area contributed by atoms with E-state index in [1.165, 1.54) is 0 Å². The van der Waals surface area contributed by atoms with Crippen molar-refractivity contribution < 1.29 is 9.59 Å². The summed E-state index contributed by atoms with van der Waals surface area (Å²) in [5, 5.41) is 13.4. The third-order valence-electron chi connectivity index (χ3n) is 3.23. The van der Waals surface area contributed by atoms with Gasteiger partial charge in [-0.05, 0) is 20.5 Å². The van der Waals surface area contributed by atoms with Crippen molar-refractivity contribution in [1.82, 2.24) is 10.2 Å². The Morgan fingerprint density at radius 2 is 1.89 bits per heavy atom. The summed E-state index contributed by atoms with van der Waals surface area (Å²) in [4.78, 5) is 2.18. The number of hydrogen-bond acceptors (Lipinski definition) is 3. The highest BCUT2D eigenvalue weighted by atomic mass is 16.3. The van der Waals surface area contributed by atoms with Crippen LogP contribution in [0.5, 0.6) is 0 Å². The van der Waals surface area contributed by atoms with Crippen molar-refractivity contribution in [3.63, 3.8) is 0 Å². The monoisotopic (exact) mass is 260 g/mol. The minimum absolute atomic E-state index is 0.151. The topological polar surface area (TPSA) is 35.5 Å². The average Bonchev–Trinajstić information content (AvgIpc) is 2.24. The molecule has 0 fully saturated rings. The van der Waals surface area contributed by atoms with Gasteiger partial charge in [0.2, 0.25) is 0 Å². The van der Waals surface area contributed by atoms with Crippen LogP contribution in [-0.4, -0.2) is 81.5 Å². The van der Waals surface area contributed by atoms with E-state index >= 15 is 0 Å². The maximum Gasteiger partial charge on any atom is 0.105 e. The number of likely N-dealkylation sites (N-methyl/N-ethyl adjacent to an activating group) is 2. The summed E-state index contributed by atoms with van der Waals surface area (Å²) in [6.07, 6.45) is 3.08. The van der Waals surface area contributed by atoms with Gasteiger partial charge >= 0.3 is 0 Å². The van der Waals surface area contributed by atoms with Crippen molar-refractivity contribution in [2.24, 2.45) is 0 Å². The van der Waals surface area contributed by atoms with Crippen molar-refractivity contribution in [3.05, 3.63) is 0 Å². The number of quaternary nitrogens is 1. The maximum absolute atomic E-state index is 9.95. The first-order valence-corrected chi connectivity index (χ1v) is 7.23. The van der Waals surface area contributed by atoms with Crippen molar-refractivity contribution >= 4 is 0 Å². The number of hydrogen-bond donors (Lipinski definition) is 2. The molecule has 0 aliphatic heterocycles. The fourth-order valence-corrected chi connectivity index (χ4v) is 2.00. The van der Waals surface area contributed by atoms with Gasteiger partial charge in [0, 0.05) is 19.6 Å². The Bertz CT molecular complexity index is 195. The highest BCUT2D eigenvalue weighted by molar-refractivity contribution is 4.55. The van der Waals surface area contributed by atoms with E-state index in [4.69, 9.17) is 0 Å². The summed E-state index contributed by atoms with van der Waals surface area (Å²) in [5.74, 6) is 0. The molecule has 0 bridgehead atoms. The second-order valence-corrected chi connectivity index (χ2v) is 6.19. The minimum atomic E-state index is -0.151. The van der Waals surface area contributed by atoms with Gasteiger partial charge in [-0.15, -0.1) is 0 Å². The molecule has 0 spiro atoms. The van der Waals surface area contributed by atoms with E-state index in [1.807, 2.05) is 0 Å². The molecule has 0 aromatic rings. The van der Waals surface area contributed by atoms with Crippen LogP contribution in [0.1, 0.15) is 26.2 Å². The Morgan fingerprint density at radius 3 is 2.44 bits per heavy atom. The van der Waals surface area contributed by atoms with Crippen molar-refractivity contribution in [3.8, 4) is 0 Å². The van der Waals surface area contributed by atoms with Gasteiger partial charge in [-0.3, -0.25) is 0 Å². The van der Waals surface area contributed by atoms with E-state index in [2.05, 4.69) is 45.3 Å². The second kappa shape index (κ2) is 9.73. The van der Waals surface area contributed by atoms with Gasteiger partial charge in [0.25, 0.3) is 0 Å². The predicted molar refractivity (Wildman–Crippen MR) is 78.8 cm³/mol. The van der Waals surface area contributed by atoms with Gasteiger partial charge in [0.15, 0.2) is 0 Å². The van der Waals surface area contributed by atoms with Crippen LogP contribution in [0.4, 0.5) is 0 Å². The zero-order chi connectivity index (χ0) is 14.0. The Hall–Kier alpha value is -0.160. The van der Waals surface area contributed by atoms with Crippen LogP contribution in [0.25, 0.3) is 0 Å². The Kier molecular flexibility index (Phi) is 9.64. The average molecular weight is 260 g/mol. The minimum Gasteiger partial charge on any atom is -0.387 e. The molecule has 0 radical (unpaired) electrons. The lowest BCUT2D eigenvalue weighted by Crippen LogP contribution is -2.49. The fraction of sp³-hybridized carbons (Fsp3) is 1.00. The van der Waals surface area contributed by atoms with Gasteiger partial charge in [-0.25, -0.2) is 0 Å². The van der Waals surface area contributed by atoms with E-state index in [9.17, 15) is 5.11 Å². The van der Waals surface area contributed by atoms with Gasteiger partial charge < -0.3 is 19.8 Å². The number of unbranched alkanes of at least 4 members (excludes halogenated alkanes) is 1. The van der Waals surface area contributed by atoms with E-state index in [0.717, 1.165) is 56.5 Å². The number of nitrogens with one attached hydrogen (secondary N) is 1. The number of aliphatic hydroxyl groups is 1. The van der Waals surface area contributed by atoms with E-state index in [0.29, 0.717) is 0 Å². The summed E-state index contributed by atoms with van der Waals surface area (Å²) in [5.41, 5.74) is 0. The van der Waals surface area contributed by atoms with E-state index < -0.39 is 0 Å². The fourth-order valence-electron chi connectivity index (χ4n) is 2.00. The summed E-state index contributed by atoms with van der Waals surface area (Å²) >= 11 is 0. The molecule has 0 aromatic carbocycles. The highest BCUT2D eigenvalue weighted by Gasteiger charge is 2.19. The van der Waals surface area contributed by atoms with Crippen LogP contribution in [0.3, 0.4) is 0 Å². The Morgan fingerprint density at radius 1 is 1.22 bits per heavy atom. The molecule has 110 valence electrons. The lowest BCUT2D eigenvalue weighted by atomic mass is 10.1. The third-order valence-corrected chi connectivity index (χ3v) is 3.23. The van der Waals surface area contributed by atoms with Crippen molar-refractivity contribution in [2.45, 2.75) is 32.3 Å². The molecule has 0 saturated heterocycles. The first-order valence-electron chi connectivity index (χ1n) is 7.23. The van der Waals surface area contributed by atoms with Gasteiger partial charge in [0.05, 0.1) is 20.6 Å². The Balaban J connectivity index is 3.65. The molecule has 4 heteroatoms. The van der Waals surface area contributed by atoms with Crippen LogP contribution >= 0.6 is 0 Å². The highest BCUT2D eigenvalue weighted by Crippen LogP contribution is 2.05. The molecule has 0 aliphatic carbocycles. The van der Waals surface area contributed by atoms with Gasteiger partial charge in [-0.1, -0.05) is 19.8 Å². The molecule has 4 nitrogen and oxygen atoms in total. The van der Waals surface area contributed by atoms with Crippen LogP contribution < -0.4 is 5.32 Å². The smallest absolute Gasteiger partial charge is 0.105 e. The maximum atomic E-state index is 9.95. The summed E-state index contributed by atoms with van der Waals surface area (Å²) in [6, 6.07) is 0. The molecule has 0 aliphatic rings. The summed E-state index contributed by atoms with van der Waals surface area (Å²) in [7, 11) is 8.57. The van der Waals surface area contributed by atoms with Crippen LogP contribution in [0, 0.1) is 0 Å². The van der Waals surface area contributed by atoms with E-state index in [1.54, 1.807) is 0 Å². The molecule has 0 aromatic heterocycles. The van der Waals surface area contributed by atoms with E-state index in [-0.39, 0.29) is 6.10 Å². The number of nitrogens with zero attached hydrogens (tertiary/aromatic N) is 2. The van der Waals surface area contributed by atoms with Crippen molar-refractivity contribution in [2.75, 3.05) is 60.9 Å². The third kappa shape index (κ3) is 11.0. The molecular formula is C14H34N3O+. The zero-order valence-corrected chi connectivity index (χ0v) is 13.1. The standard InChI is InChI=1S/C14H34N3O/c1-6-7-8-14(18)13-17(4,5)12-10-15-9-11-16(2)3/h14-15,18H,6-13H2,1-5H3/q+1. The summed E-state index contributed by atoms with van der Waals surface area (Å²) in [6.45, 7) is 7.21. The largest absolute Gasteiger partial charge is 0.387 e. The normalized spacial score (nSPS) is 14.2. The quantitative estimate of drug-likeness (QED) is 0.425. The molecular weight excluding hydrogens is 226 g/mol. The molecule has 0 heterocycles. The molecule has 1 unspecified atom stereocenters. The molecule has 0 amide bonds. The molecule has 0 saturated carbocycles.